The fraction of sp³-hybridized carbons (Fsp3) is 0.500. The number of amidine groups is 1. The normalized spacial score (nSPS) is 13.4. The average molecular weight is 384 g/mol. The Bertz CT molecular complexity index is 668. The van der Waals surface area contributed by atoms with E-state index in [1.54, 1.807) is 13.1 Å². The van der Waals surface area contributed by atoms with Gasteiger partial charge in [-0.15, -0.1) is 0 Å². The van der Waals surface area contributed by atoms with Crippen molar-refractivity contribution in [3.05, 3.63) is 54.4 Å². The Labute approximate surface area is 171 Å². The SMILES string of the molecule is C=CNC(C/C(=C/N=C(C)Nc1ccc(C)cc1)C(CCC)CCC)C(C)=O. The topological polar surface area (TPSA) is 53.5 Å². The molecule has 0 spiro atoms. The molecule has 0 aliphatic carbocycles. The zero-order chi connectivity index (χ0) is 20.9. The molecule has 0 heterocycles. The number of aliphatic imine (C=N–C) groups is 1. The number of nitrogens with zero attached hydrogens (tertiary/aromatic N) is 1. The summed E-state index contributed by atoms with van der Waals surface area (Å²) in [7, 11) is 0. The van der Waals surface area contributed by atoms with Gasteiger partial charge in [0.15, 0.2) is 5.78 Å². The molecule has 0 aromatic heterocycles. The predicted octanol–water partition coefficient (Wildman–Crippen LogP) is 6.01. The summed E-state index contributed by atoms with van der Waals surface area (Å²) in [5.74, 6) is 1.40. The van der Waals surface area contributed by atoms with Gasteiger partial charge in [0.25, 0.3) is 0 Å². The third kappa shape index (κ3) is 8.55. The van der Waals surface area contributed by atoms with Crippen LogP contribution >= 0.6 is 0 Å². The Morgan fingerprint density at radius 1 is 1.14 bits per heavy atom. The van der Waals surface area contributed by atoms with Gasteiger partial charge in [-0.3, -0.25) is 4.79 Å². The van der Waals surface area contributed by atoms with Crippen LogP contribution in [-0.2, 0) is 4.79 Å². The van der Waals surface area contributed by atoms with E-state index >= 15 is 0 Å². The van der Waals surface area contributed by atoms with Gasteiger partial charge >= 0.3 is 0 Å². The van der Waals surface area contributed by atoms with Crippen molar-refractivity contribution in [2.24, 2.45) is 10.9 Å². The lowest BCUT2D eigenvalue weighted by atomic mass is 9.86. The number of hydrogen-bond acceptors (Lipinski definition) is 3. The Kier molecular flexibility index (Phi) is 10.9. The Morgan fingerprint density at radius 2 is 1.75 bits per heavy atom. The molecule has 0 bridgehead atoms. The van der Waals surface area contributed by atoms with Gasteiger partial charge in [0.05, 0.1) is 6.04 Å². The third-order valence-corrected chi connectivity index (χ3v) is 4.85. The fourth-order valence-corrected chi connectivity index (χ4v) is 3.29. The van der Waals surface area contributed by atoms with Crippen molar-refractivity contribution in [1.82, 2.24) is 5.32 Å². The summed E-state index contributed by atoms with van der Waals surface area (Å²) in [6.45, 7) is 13.8. The molecule has 0 fully saturated rings. The molecular weight excluding hydrogens is 346 g/mol. The Balaban J connectivity index is 3.06. The van der Waals surface area contributed by atoms with E-state index in [9.17, 15) is 4.79 Å². The van der Waals surface area contributed by atoms with Crippen LogP contribution in [0.2, 0.25) is 0 Å². The van der Waals surface area contributed by atoms with Gasteiger partial charge in [-0.2, -0.15) is 0 Å². The molecule has 4 heteroatoms. The second kappa shape index (κ2) is 12.9. The highest BCUT2D eigenvalue weighted by molar-refractivity contribution is 5.93. The second-order valence-corrected chi connectivity index (χ2v) is 7.42. The highest BCUT2D eigenvalue weighted by atomic mass is 16.1. The molecule has 28 heavy (non-hydrogen) atoms. The van der Waals surface area contributed by atoms with Gasteiger partial charge < -0.3 is 10.6 Å². The van der Waals surface area contributed by atoms with Crippen molar-refractivity contribution >= 4 is 17.3 Å². The average Bonchev–Trinajstić information content (AvgIpc) is 2.66. The number of aryl methyl sites for hydroxylation is 1. The van der Waals surface area contributed by atoms with Crippen LogP contribution in [0.25, 0.3) is 0 Å². The van der Waals surface area contributed by atoms with Crippen LogP contribution in [0.5, 0.6) is 0 Å². The first-order chi connectivity index (χ1) is 13.4. The van der Waals surface area contributed by atoms with Gasteiger partial charge in [0.1, 0.15) is 5.84 Å². The van der Waals surface area contributed by atoms with Crippen LogP contribution in [0.15, 0.2) is 53.8 Å². The quantitative estimate of drug-likeness (QED) is 0.343. The van der Waals surface area contributed by atoms with E-state index in [4.69, 9.17) is 0 Å². The van der Waals surface area contributed by atoms with Crippen molar-refractivity contribution in [2.45, 2.75) is 72.8 Å². The molecule has 0 radical (unpaired) electrons. The third-order valence-electron chi connectivity index (χ3n) is 4.85. The van der Waals surface area contributed by atoms with Crippen molar-refractivity contribution < 1.29 is 4.79 Å². The lowest BCUT2D eigenvalue weighted by Crippen LogP contribution is -2.32. The maximum Gasteiger partial charge on any atom is 0.152 e. The van der Waals surface area contributed by atoms with Crippen molar-refractivity contribution in [3.8, 4) is 0 Å². The molecule has 0 saturated carbocycles. The number of Topliss-reactive ketones (excluding diaryl/α,β-unsaturated/α-hetero) is 1. The van der Waals surface area contributed by atoms with Gasteiger partial charge in [-0.25, -0.2) is 4.99 Å². The van der Waals surface area contributed by atoms with Gasteiger partial charge in [0, 0.05) is 11.9 Å². The maximum absolute atomic E-state index is 12.0. The zero-order valence-corrected chi connectivity index (χ0v) is 18.2. The van der Waals surface area contributed by atoms with E-state index in [-0.39, 0.29) is 11.8 Å². The fourth-order valence-electron chi connectivity index (χ4n) is 3.29. The molecule has 0 aliphatic rings. The minimum atomic E-state index is -0.250. The molecule has 1 aromatic rings. The number of carbonyl (C=O) groups is 1. The van der Waals surface area contributed by atoms with E-state index in [1.165, 1.54) is 11.1 Å². The van der Waals surface area contributed by atoms with Gasteiger partial charge in [0.2, 0.25) is 0 Å². The summed E-state index contributed by atoms with van der Waals surface area (Å²) in [5.41, 5.74) is 3.48. The maximum atomic E-state index is 12.0. The van der Waals surface area contributed by atoms with Crippen LogP contribution in [0.4, 0.5) is 5.69 Å². The number of hydrogen-bond donors (Lipinski definition) is 2. The number of nitrogens with one attached hydrogen (secondary N) is 2. The summed E-state index contributed by atoms with van der Waals surface area (Å²) in [6.07, 6.45) is 8.68. The lowest BCUT2D eigenvalue weighted by molar-refractivity contribution is -0.118. The van der Waals surface area contributed by atoms with Crippen molar-refractivity contribution in [2.75, 3.05) is 5.32 Å². The van der Waals surface area contributed by atoms with E-state index in [1.807, 2.05) is 13.1 Å². The van der Waals surface area contributed by atoms with Crippen LogP contribution in [-0.4, -0.2) is 17.7 Å². The molecule has 4 nitrogen and oxygen atoms in total. The summed E-state index contributed by atoms with van der Waals surface area (Å²) in [4.78, 5) is 16.7. The minimum Gasteiger partial charge on any atom is -0.381 e. The Morgan fingerprint density at radius 3 is 2.25 bits per heavy atom. The second-order valence-electron chi connectivity index (χ2n) is 7.42. The molecule has 0 saturated heterocycles. The smallest absolute Gasteiger partial charge is 0.152 e. The van der Waals surface area contributed by atoms with E-state index in [0.29, 0.717) is 12.3 Å². The summed E-state index contributed by atoms with van der Waals surface area (Å²) >= 11 is 0. The number of carbonyl (C=O) groups excluding carboxylic acids is 1. The molecule has 0 aliphatic heterocycles. The van der Waals surface area contributed by atoms with E-state index < -0.39 is 0 Å². The molecule has 0 amide bonds. The standard InChI is InChI=1S/C24H37N3O/c1-7-10-21(11-8-2)22(16-24(19(5)28)25-9-3)17-26-20(6)27-23-14-12-18(4)13-15-23/h9,12-15,17,21,24-25H,3,7-8,10-11,16H2,1-2,4-6H3,(H,26,27)/b22-17-. The number of ketones is 1. The van der Waals surface area contributed by atoms with Crippen LogP contribution in [0, 0.1) is 12.8 Å². The molecular formula is C24H37N3O. The Hall–Kier alpha value is -2.36. The van der Waals surface area contributed by atoms with Crippen molar-refractivity contribution in [1.29, 1.82) is 0 Å². The summed E-state index contributed by atoms with van der Waals surface area (Å²) < 4.78 is 0. The number of anilines is 1. The molecule has 1 atom stereocenters. The molecule has 154 valence electrons. The highest BCUT2D eigenvalue weighted by Crippen LogP contribution is 2.27. The monoisotopic (exact) mass is 383 g/mol. The first-order valence-corrected chi connectivity index (χ1v) is 10.4. The number of rotatable bonds is 12. The molecule has 1 aromatic carbocycles. The lowest BCUT2D eigenvalue weighted by Gasteiger charge is -2.23. The van der Waals surface area contributed by atoms with E-state index in [2.05, 4.69) is 67.2 Å². The summed E-state index contributed by atoms with van der Waals surface area (Å²) in [5, 5.41) is 6.43. The summed E-state index contributed by atoms with van der Waals surface area (Å²) in [6, 6.07) is 8.01. The molecule has 1 unspecified atom stereocenters. The first kappa shape index (κ1) is 23.7. The molecule has 2 N–H and O–H groups in total. The van der Waals surface area contributed by atoms with E-state index in [0.717, 1.165) is 37.2 Å². The highest BCUT2D eigenvalue weighted by Gasteiger charge is 2.20. The minimum absolute atomic E-state index is 0.121. The number of benzene rings is 1. The van der Waals surface area contributed by atoms with Gasteiger partial charge in [-0.1, -0.05) is 51.0 Å². The van der Waals surface area contributed by atoms with Crippen LogP contribution in [0.3, 0.4) is 0 Å². The van der Waals surface area contributed by atoms with Crippen LogP contribution in [0.1, 0.15) is 65.4 Å². The largest absolute Gasteiger partial charge is 0.381 e. The molecule has 1 rings (SSSR count). The van der Waals surface area contributed by atoms with Crippen molar-refractivity contribution in [3.63, 3.8) is 0 Å². The van der Waals surface area contributed by atoms with Crippen LogP contribution < -0.4 is 10.6 Å². The predicted molar refractivity (Wildman–Crippen MR) is 122 cm³/mol. The zero-order valence-electron chi connectivity index (χ0n) is 18.2. The first-order valence-electron chi connectivity index (χ1n) is 10.4. The van der Waals surface area contributed by atoms with Gasteiger partial charge in [-0.05, 0) is 69.9 Å².